The number of benzene rings is 1. The van der Waals surface area contributed by atoms with E-state index in [1.54, 1.807) is 44.6 Å². The van der Waals surface area contributed by atoms with E-state index in [1.165, 1.54) is 4.90 Å². The Labute approximate surface area is 117 Å². The van der Waals surface area contributed by atoms with Crippen LogP contribution in [-0.4, -0.2) is 30.1 Å². The molecule has 0 aliphatic carbocycles. The fourth-order valence-corrected chi connectivity index (χ4v) is 1.46. The molecule has 0 unspecified atom stereocenters. The standard InChI is InChI=1S/C14H16N4O2/c1-18(2)14(19)20-12-4-3-9-16-13(12)17-11-7-5-10(15)6-8-11/h3-9H,15H2,1-2H3,(H,16,17). The Kier molecular flexibility index (Phi) is 4.05. The summed E-state index contributed by atoms with van der Waals surface area (Å²) in [6, 6.07) is 10.6. The normalized spacial score (nSPS) is 9.90. The van der Waals surface area contributed by atoms with Crippen LogP contribution in [0.4, 0.5) is 22.0 Å². The maximum absolute atomic E-state index is 11.6. The van der Waals surface area contributed by atoms with Crippen LogP contribution >= 0.6 is 0 Å². The third-order valence-corrected chi connectivity index (χ3v) is 2.51. The third kappa shape index (κ3) is 3.38. The van der Waals surface area contributed by atoms with Gasteiger partial charge in [-0.25, -0.2) is 9.78 Å². The average molecular weight is 272 g/mol. The predicted molar refractivity (Wildman–Crippen MR) is 78.1 cm³/mol. The Bertz CT molecular complexity index is 596. The number of hydrogen-bond donors (Lipinski definition) is 2. The summed E-state index contributed by atoms with van der Waals surface area (Å²) in [7, 11) is 3.23. The molecule has 2 rings (SSSR count). The minimum Gasteiger partial charge on any atom is -0.406 e. The predicted octanol–water partition coefficient (Wildman–Crippen LogP) is 2.47. The van der Waals surface area contributed by atoms with Gasteiger partial charge in [0, 0.05) is 31.7 Å². The molecule has 104 valence electrons. The number of pyridine rings is 1. The number of hydrogen-bond acceptors (Lipinski definition) is 5. The molecule has 20 heavy (non-hydrogen) atoms. The molecule has 0 fully saturated rings. The van der Waals surface area contributed by atoms with Gasteiger partial charge in [0.25, 0.3) is 0 Å². The number of nitrogens with two attached hydrogens (primary N) is 1. The van der Waals surface area contributed by atoms with Gasteiger partial charge < -0.3 is 20.7 Å². The zero-order valence-electron chi connectivity index (χ0n) is 11.3. The van der Waals surface area contributed by atoms with E-state index in [1.807, 2.05) is 12.1 Å². The molecule has 6 heteroatoms. The minimum atomic E-state index is -0.460. The molecule has 0 aliphatic rings. The number of carbonyl (C=O) groups is 1. The van der Waals surface area contributed by atoms with Crippen LogP contribution in [0.3, 0.4) is 0 Å². The average Bonchev–Trinajstić information content (AvgIpc) is 2.43. The van der Waals surface area contributed by atoms with E-state index in [9.17, 15) is 4.79 Å². The molecule has 0 atom stereocenters. The Morgan fingerprint density at radius 2 is 1.95 bits per heavy atom. The van der Waals surface area contributed by atoms with E-state index >= 15 is 0 Å². The van der Waals surface area contributed by atoms with Crippen molar-refractivity contribution in [2.45, 2.75) is 0 Å². The van der Waals surface area contributed by atoms with Gasteiger partial charge in [0.15, 0.2) is 11.6 Å². The topological polar surface area (TPSA) is 80.5 Å². The van der Waals surface area contributed by atoms with Gasteiger partial charge in [-0.2, -0.15) is 0 Å². The van der Waals surface area contributed by atoms with Gasteiger partial charge in [0.05, 0.1) is 0 Å². The van der Waals surface area contributed by atoms with Crippen LogP contribution < -0.4 is 15.8 Å². The van der Waals surface area contributed by atoms with Gasteiger partial charge in [-0.1, -0.05) is 0 Å². The highest BCUT2D eigenvalue weighted by Crippen LogP contribution is 2.25. The van der Waals surface area contributed by atoms with Crippen LogP contribution in [0.2, 0.25) is 0 Å². The van der Waals surface area contributed by atoms with E-state index in [0.29, 0.717) is 17.3 Å². The number of nitrogens with zero attached hydrogens (tertiary/aromatic N) is 2. The molecule has 6 nitrogen and oxygen atoms in total. The van der Waals surface area contributed by atoms with Crippen molar-refractivity contribution >= 4 is 23.3 Å². The molecule has 1 heterocycles. The molecule has 0 saturated heterocycles. The van der Waals surface area contributed by atoms with E-state index in [2.05, 4.69) is 10.3 Å². The van der Waals surface area contributed by atoms with Gasteiger partial charge in [-0.3, -0.25) is 0 Å². The van der Waals surface area contributed by atoms with E-state index in [0.717, 1.165) is 5.69 Å². The maximum atomic E-state index is 11.6. The molecule has 0 spiro atoms. The van der Waals surface area contributed by atoms with Crippen molar-refractivity contribution in [1.82, 2.24) is 9.88 Å². The Hall–Kier alpha value is -2.76. The second-order valence-electron chi connectivity index (χ2n) is 4.36. The lowest BCUT2D eigenvalue weighted by molar-refractivity contribution is 0.172. The Balaban J connectivity index is 2.19. The second kappa shape index (κ2) is 5.92. The van der Waals surface area contributed by atoms with Crippen molar-refractivity contribution in [3.63, 3.8) is 0 Å². The van der Waals surface area contributed by atoms with Crippen LogP contribution in [0, 0.1) is 0 Å². The fourth-order valence-electron chi connectivity index (χ4n) is 1.46. The van der Waals surface area contributed by atoms with E-state index in [4.69, 9.17) is 10.5 Å². The van der Waals surface area contributed by atoms with Crippen LogP contribution in [0.5, 0.6) is 5.75 Å². The third-order valence-electron chi connectivity index (χ3n) is 2.51. The first-order chi connectivity index (χ1) is 9.56. The summed E-state index contributed by atoms with van der Waals surface area (Å²) in [6.07, 6.45) is 1.16. The van der Waals surface area contributed by atoms with Crippen molar-refractivity contribution in [3.05, 3.63) is 42.6 Å². The molecule has 1 aromatic heterocycles. The number of nitrogen functional groups attached to an aromatic ring is 1. The second-order valence-corrected chi connectivity index (χ2v) is 4.36. The number of nitrogens with one attached hydrogen (secondary N) is 1. The first kappa shape index (κ1) is 13.7. The van der Waals surface area contributed by atoms with Gasteiger partial charge in [-0.05, 0) is 36.4 Å². The zero-order chi connectivity index (χ0) is 14.5. The monoisotopic (exact) mass is 272 g/mol. The Morgan fingerprint density at radius 3 is 2.60 bits per heavy atom. The summed E-state index contributed by atoms with van der Waals surface area (Å²) in [5, 5.41) is 3.08. The molecule has 1 amide bonds. The zero-order valence-corrected chi connectivity index (χ0v) is 11.3. The lowest BCUT2D eigenvalue weighted by Gasteiger charge is -2.14. The molecule has 0 bridgehead atoms. The largest absolute Gasteiger partial charge is 0.414 e. The lowest BCUT2D eigenvalue weighted by atomic mass is 10.3. The highest BCUT2D eigenvalue weighted by atomic mass is 16.6. The van der Waals surface area contributed by atoms with Crippen LogP contribution in [0.25, 0.3) is 0 Å². The molecule has 0 aliphatic heterocycles. The van der Waals surface area contributed by atoms with E-state index in [-0.39, 0.29) is 0 Å². The van der Waals surface area contributed by atoms with Crippen molar-refractivity contribution in [3.8, 4) is 5.75 Å². The SMILES string of the molecule is CN(C)C(=O)Oc1cccnc1Nc1ccc(N)cc1. The molecule has 0 radical (unpaired) electrons. The van der Waals surface area contributed by atoms with Crippen molar-refractivity contribution in [1.29, 1.82) is 0 Å². The van der Waals surface area contributed by atoms with Crippen molar-refractivity contribution in [2.24, 2.45) is 0 Å². The van der Waals surface area contributed by atoms with Gasteiger partial charge in [-0.15, -0.1) is 0 Å². The molecule has 1 aromatic carbocycles. The number of aromatic nitrogens is 1. The fraction of sp³-hybridized carbons (Fsp3) is 0.143. The van der Waals surface area contributed by atoms with Gasteiger partial charge in [0.2, 0.25) is 0 Å². The summed E-state index contributed by atoms with van der Waals surface area (Å²) in [5.41, 5.74) is 7.11. The van der Waals surface area contributed by atoms with Crippen molar-refractivity contribution < 1.29 is 9.53 Å². The van der Waals surface area contributed by atoms with Gasteiger partial charge >= 0.3 is 6.09 Å². The van der Waals surface area contributed by atoms with Gasteiger partial charge in [0.1, 0.15) is 0 Å². The number of amides is 1. The summed E-state index contributed by atoms with van der Waals surface area (Å²) in [6.45, 7) is 0. The highest BCUT2D eigenvalue weighted by Gasteiger charge is 2.11. The highest BCUT2D eigenvalue weighted by molar-refractivity contribution is 5.73. The van der Waals surface area contributed by atoms with Crippen LogP contribution in [0.1, 0.15) is 0 Å². The number of ether oxygens (including phenoxy) is 1. The van der Waals surface area contributed by atoms with E-state index < -0.39 is 6.09 Å². The molecule has 2 aromatic rings. The maximum Gasteiger partial charge on any atom is 0.414 e. The number of rotatable bonds is 3. The van der Waals surface area contributed by atoms with Crippen LogP contribution in [-0.2, 0) is 0 Å². The number of carbonyl (C=O) groups excluding carboxylic acids is 1. The summed E-state index contributed by atoms with van der Waals surface area (Å²) < 4.78 is 5.24. The smallest absolute Gasteiger partial charge is 0.406 e. The summed E-state index contributed by atoms with van der Waals surface area (Å²) in [5.74, 6) is 0.829. The van der Waals surface area contributed by atoms with Crippen molar-refractivity contribution in [2.75, 3.05) is 25.1 Å². The van der Waals surface area contributed by atoms with Crippen LogP contribution in [0.15, 0.2) is 42.6 Å². The lowest BCUT2D eigenvalue weighted by Crippen LogP contribution is -2.25. The summed E-state index contributed by atoms with van der Waals surface area (Å²) in [4.78, 5) is 17.1. The Morgan fingerprint density at radius 1 is 1.25 bits per heavy atom. The summed E-state index contributed by atoms with van der Waals surface area (Å²) >= 11 is 0. The molecule has 0 saturated carbocycles. The molecule has 3 N–H and O–H groups in total. The minimum absolute atomic E-state index is 0.364. The quantitative estimate of drug-likeness (QED) is 0.839. The molecular formula is C14H16N4O2. The first-order valence-corrected chi connectivity index (χ1v) is 6.03. The number of anilines is 3. The molecular weight excluding hydrogens is 256 g/mol. The first-order valence-electron chi connectivity index (χ1n) is 6.03.